The fourth-order valence-corrected chi connectivity index (χ4v) is 2.46. The van der Waals surface area contributed by atoms with Gasteiger partial charge in [0.2, 0.25) is 0 Å². The summed E-state index contributed by atoms with van der Waals surface area (Å²) in [7, 11) is 0. The molecular weight excluding hydrogens is 257 g/mol. The Bertz CT molecular complexity index is 323. The van der Waals surface area contributed by atoms with E-state index in [4.69, 9.17) is 0 Å². The summed E-state index contributed by atoms with van der Waals surface area (Å²) in [5.41, 5.74) is 0.788. The van der Waals surface area contributed by atoms with Crippen LogP contribution in [0.4, 0.5) is 4.39 Å². The van der Waals surface area contributed by atoms with Crippen LogP contribution in [0, 0.1) is 5.92 Å². The summed E-state index contributed by atoms with van der Waals surface area (Å²) in [4.78, 5) is 0. The molecule has 2 atom stereocenters. The quantitative estimate of drug-likeness (QED) is 0.888. The highest BCUT2D eigenvalue weighted by molar-refractivity contribution is 9.10. The first kappa shape index (κ1) is 11.1. The van der Waals surface area contributed by atoms with Crippen LogP contribution in [0.2, 0.25) is 0 Å². The van der Waals surface area contributed by atoms with Crippen molar-refractivity contribution in [1.82, 2.24) is 5.32 Å². The van der Waals surface area contributed by atoms with Crippen LogP contribution >= 0.6 is 15.9 Å². The number of nitrogens with one attached hydrogen (secondary N) is 1. The first-order valence-electron chi connectivity index (χ1n) is 5.36. The van der Waals surface area contributed by atoms with Gasteiger partial charge in [0.15, 0.2) is 0 Å². The van der Waals surface area contributed by atoms with Crippen molar-refractivity contribution in [3.63, 3.8) is 0 Å². The second kappa shape index (κ2) is 5.08. The summed E-state index contributed by atoms with van der Waals surface area (Å²) in [5, 5.41) is 3.26. The van der Waals surface area contributed by atoms with Crippen LogP contribution in [-0.2, 0) is 0 Å². The summed E-state index contributed by atoms with van der Waals surface area (Å²) < 4.78 is 14.9. The van der Waals surface area contributed by atoms with Crippen LogP contribution in [0.25, 0.3) is 0 Å². The van der Waals surface area contributed by atoms with Gasteiger partial charge in [-0.05, 0) is 49.5 Å². The molecule has 0 saturated carbocycles. The predicted octanol–water partition coefficient (Wildman–Crippen LogP) is 3.46. The van der Waals surface area contributed by atoms with E-state index >= 15 is 0 Å². The molecule has 1 aromatic rings. The molecule has 0 aliphatic carbocycles. The fraction of sp³-hybridized carbons (Fsp3) is 0.500. The lowest BCUT2D eigenvalue weighted by atomic mass is 9.97. The highest BCUT2D eigenvalue weighted by Gasteiger charge is 2.20. The van der Waals surface area contributed by atoms with Crippen molar-refractivity contribution >= 4 is 15.9 Å². The second-order valence-corrected chi connectivity index (χ2v) is 5.03. The van der Waals surface area contributed by atoms with E-state index in [0.29, 0.717) is 12.3 Å². The van der Waals surface area contributed by atoms with Gasteiger partial charge in [-0.15, -0.1) is 0 Å². The Balaban J connectivity index is 1.97. The van der Waals surface area contributed by atoms with Crippen LogP contribution in [-0.4, -0.2) is 13.1 Å². The second-order valence-electron chi connectivity index (χ2n) is 4.12. The zero-order valence-electron chi connectivity index (χ0n) is 8.55. The van der Waals surface area contributed by atoms with Crippen molar-refractivity contribution in [2.24, 2.45) is 5.92 Å². The SMILES string of the molecule is FC(CC1CCNC1)c1cccc(Br)c1. The molecule has 82 valence electrons. The largest absolute Gasteiger partial charge is 0.316 e. The van der Waals surface area contributed by atoms with Crippen molar-refractivity contribution in [2.75, 3.05) is 13.1 Å². The zero-order valence-corrected chi connectivity index (χ0v) is 10.1. The minimum atomic E-state index is -0.826. The van der Waals surface area contributed by atoms with Crippen LogP contribution in [0.15, 0.2) is 28.7 Å². The van der Waals surface area contributed by atoms with Gasteiger partial charge >= 0.3 is 0 Å². The molecule has 0 radical (unpaired) electrons. The minimum Gasteiger partial charge on any atom is -0.316 e. The molecule has 2 unspecified atom stereocenters. The van der Waals surface area contributed by atoms with Crippen molar-refractivity contribution < 1.29 is 4.39 Å². The molecule has 1 nitrogen and oxygen atoms in total. The first-order valence-corrected chi connectivity index (χ1v) is 6.15. The Morgan fingerprint density at radius 1 is 1.53 bits per heavy atom. The number of halogens is 2. The molecule has 1 aromatic carbocycles. The normalized spacial score (nSPS) is 22.9. The smallest absolute Gasteiger partial charge is 0.125 e. The van der Waals surface area contributed by atoms with Crippen molar-refractivity contribution in [2.45, 2.75) is 19.0 Å². The molecule has 1 aliphatic heterocycles. The molecule has 1 heterocycles. The summed E-state index contributed by atoms with van der Waals surface area (Å²) >= 11 is 3.36. The molecule has 1 N–H and O–H groups in total. The molecule has 0 amide bonds. The van der Waals surface area contributed by atoms with E-state index < -0.39 is 6.17 Å². The maximum atomic E-state index is 13.9. The molecule has 2 rings (SSSR count). The lowest BCUT2D eigenvalue weighted by Crippen LogP contribution is -2.10. The van der Waals surface area contributed by atoms with E-state index in [1.165, 1.54) is 0 Å². The highest BCUT2D eigenvalue weighted by Crippen LogP contribution is 2.29. The molecule has 0 spiro atoms. The lowest BCUT2D eigenvalue weighted by molar-refractivity contribution is 0.281. The molecule has 15 heavy (non-hydrogen) atoms. The standard InChI is InChI=1S/C12H15BrFN/c13-11-3-1-2-10(7-11)12(14)6-9-4-5-15-8-9/h1-3,7,9,12,15H,4-6,8H2. The van der Waals surface area contributed by atoms with Gasteiger partial charge in [-0.1, -0.05) is 28.1 Å². The van der Waals surface area contributed by atoms with E-state index in [0.717, 1.165) is 29.5 Å². The maximum absolute atomic E-state index is 13.9. The Morgan fingerprint density at radius 3 is 3.07 bits per heavy atom. The van der Waals surface area contributed by atoms with Gasteiger partial charge in [-0.3, -0.25) is 0 Å². The molecule has 0 bridgehead atoms. The third kappa shape index (κ3) is 3.02. The number of hydrogen-bond acceptors (Lipinski definition) is 1. The maximum Gasteiger partial charge on any atom is 0.125 e. The number of rotatable bonds is 3. The Hall–Kier alpha value is -0.410. The highest BCUT2D eigenvalue weighted by atomic mass is 79.9. The number of hydrogen-bond donors (Lipinski definition) is 1. The average Bonchev–Trinajstić information content (AvgIpc) is 2.70. The zero-order chi connectivity index (χ0) is 10.7. The van der Waals surface area contributed by atoms with Crippen LogP contribution in [0.3, 0.4) is 0 Å². The first-order chi connectivity index (χ1) is 7.25. The monoisotopic (exact) mass is 271 g/mol. The van der Waals surface area contributed by atoms with Gasteiger partial charge in [-0.25, -0.2) is 4.39 Å². The lowest BCUT2D eigenvalue weighted by Gasteiger charge is -2.13. The van der Waals surface area contributed by atoms with E-state index in [1.54, 1.807) is 0 Å². The van der Waals surface area contributed by atoms with E-state index in [2.05, 4.69) is 21.2 Å². The van der Waals surface area contributed by atoms with Crippen molar-refractivity contribution in [3.05, 3.63) is 34.3 Å². The summed E-state index contributed by atoms with van der Waals surface area (Å²) in [6.07, 6.45) is 0.921. The van der Waals surface area contributed by atoms with Gasteiger partial charge in [-0.2, -0.15) is 0 Å². The molecule has 3 heteroatoms. The molecule has 1 aliphatic rings. The number of benzene rings is 1. The van der Waals surface area contributed by atoms with Crippen molar-refractivity contribution in [1.29, 1.82) is 0 Å². The van der Waals surface area contributed by atoms with Crippen LogP contribution in [0.1, 0.15) is 24.6 Å². The third-order valence-electron chi connectivity index (χ3n) is 2.91. The van der Waals surface area contributed by atoms with Crippen LogP contribution in [0.5, 0.6) is 0 Å². The Kier molecular flexibility index (Phi) is 3.76. The Morgan fingerprint density at radius 2 is 2.40 bits per heavy atom. The van der Waals surface area contributed by atoms with Gasteiger partial charge in [0.1, 0.15) is 6.17 Å². The fourth-order valence-electron chi connectivity index (χ4n) is 2.05. The van der Waals surface area contributed by atoms with Gasteiger partial charge in [0, 0.05) is 4.47 Å². The minimum absolute atomic E-state index is 0.499. The number of alkyl halides is 1. The van der Waals surface area contributed by atoms with Crippen LogP contribution < -0.4 is 5.32 Å². The molecular formula is C12H15BrFN. The van der Waals surface area contributed by atoms with Crippen molar-refractivity contribution in [3.8, 4) is 0 Å². The topological polar surface area (TPSA) is 12.0 Å². The molecule has 1 saturated heterocycles. The average molecular weight is 272 g/mol. The summed E-state index contributed by atoms with van der Waals surface area (Å²) in [6, 6.07) is 7.54. The predicted molar refractivity (Wildman–Crippen MR) is 63.6 cm³/mol. The van der Waals surface area contributed by atoms with Gasteiger partial charge in [0.25, 0.3) is 0 Å². The summed E-state index contributed by atoms with van der Waals surface area (Å²) in [5.74, 6) is 0.499. The third-order valence-corrected chi connectivity index (χ3v) is 3.41. The summed E-state index contributed by atoms with van der Waals surface area (Å²) in [6.45, 7) is 2.00. The van der Waals surface area contributed by atoms with E-state index in [-0.39, 0.29) is 0 Å². The molecule has 0 aromatic heterocycles. The Labute approximate surface area is 98.2 Å². The van der Waals surface area contributed by atoms with Gasteiger partial charge in [0.05, 0.1) is 0 Å². The van der Waals surface area contributed by atoms with E-state index in [9.17, 15) is 4.39 Å². The molecule has 1 fully saturated rings. The van der Waals surface area contributed by atoms with Gasteiger partial charge < -0.3 is 5.32 Å². The van der Waals surface area contributed by atoms with E-state index in [1.807, 2.05) is 24.3 Å².